The SMILES string of the molecule is COC(=O)c1ccc(C=CCNC(C)C)cc1. The minimum Gasteiger partial charge on any atom is -0.465 e. The van der Waals surface area contributed by atoms with Crippen LogP contribution in [0.2, 0.25) is 0 Å². The first kappa shape index (κ1) is 13.5. The average Bonchev–Trinajstić information content (AvgIpc) is 2.34. The molecule has 0 saturated carbocycles. The van der Waals surface area contributed by atoms with Crippen molar-refractivity contribution in [3.8, 4) is 0 Å². The van der Waals surface area contributed by atoms with Crippen LogP contribution in [0.4, 0.5) is 0 Å². The van der Waals surface area contributed by atoms with E-state index < -0.39 is 0 Å². The largest absolute Gasteiger partial charge is 0.465 e. The molecule has 0 heterocycles. The van der Waals surface area contributed by atoms with Gasteiger partial charge in [0.25, 0.3) is 0 Å². The van der Waals surface area contributed by atoms with Crippen molar-refractivity contribution in [3.05, 3.63) is 41.5 Å². The van der Waals surface area contributed by atoms with Gasteiger partial charge in [0.2, 0.25) is 0 Å². The summed E-state index contributed by atoms with van der Waals surface area (Å²) in [5.74, 6) is -0.304. The zero-order valence-electron chi connectivity index (χ0n) is 10.6. The first-order valence-corrected chi connectivity index (χ1v) is 5.72. The molecular weight excluding hydrogens is 214 g/mol. The van der Waals surface area contributed by atoms with E-state index >= 15 is 0 Å². The Morgan fingerprint density at radius 3 is 2.53 bits per heavy atom. The highest BCUT2D eigenvalue weighted by Gasteiger charge is 2.02. The number of hydrogen-bond donors (Lipinski definition) is 1. The molecule has 0 aliphatic heterocycles. The third kappa shape index (κ3) is 4.83. The standard InChI is InChI=1S/C14H19NO2/c1-11(2)15-10-4-5-12-6-8-13(9-7-12)14(16)17-3/h4-9,11,15H,10H2,1-3H3. The Morgan fingerprint density at radius 1 is 1.35 bits per heavy atom. The van der Waals surface area contributed by atoms with Crippen LogP contribution in [0.15, 0.2) is 30.3 Å². The minimum atomic E-state index is -0.304. The van der Waals surface area contributed by atoms with E-state index in [2.05, 4.69) is 30.0 Å². The predicted molar refractivity (Wildman–Crippen MR) is 70.0 cm³/mol. The van der Waals surface area contributed by atoms with Crippen LogP contribution < -0.4 is 5.32 Å². The lowest BCUT2D eigenvalue weighted by atomic mass is 10.1. The highest BCUT2D eigenvalue weighted by atomic mass is 16.5. The number of ether oxygens (including phenoxy) is 1. The van der Waals surface area contributed by atoms with Gasteiger partial charge in [0.15, 0.2) is 0 Å². The second-order valence-corrected chi connectivity index (χ2v) is 4.08. The molecule has 0 spiro atoms. The first-order chi connectivity index (χ1) is 8.13. The van der Waals surface area contributed by atoms with Crippen molar-refractivity contribution in [2.75, 3.05) is 13.7 Å². The molecule has 1 N–H and O–H groups in total. The number of carbonyl (C=O) groups excluding carboxylic acids is 1. The highest BCUT2D eigenvalue weighted by molar-refractivity contribution is 5.89. The monoisotopic (exact) mass is 233 g/mol. The smallest absolute Gasteiger partial charge is 0.337 e. The summed E-state index contributed by atoms with van der Waals surface area (Å²) in [4.78, 5) is 11.2. The summed E-state index contributed by atoms with van der Waals surface area (Å²) in [5.41, 5.74) is 1.65. The Bertz CT molecular complexity index is 380. The van der Waals surface area contributed by atoms with Crippen molar-refractivity contribution in [3.63, 3.8) is 0 Å². The zero-order chi connectivity index (χ0) is 12.7. The molecule has 17 heavy (non-hydrogen) atoms. The van der Waals surface area contributed by atoms with Gasteiger partial charge in [-0.3, -0.25) is 0 Å². The van der Waals surface area contributed by atoms with Crippen LogP contribution in [0.25, 0.3) is 6.08 Å². The third-order valence-corrected chi connectivity index (χ3v) is 2.29. The van der Waals surface area contributed by atoms with Crippen molar-refractivity contribution in [1.82, 2.24) is 5.32 Å². The summed E-state index contributed by atoms with van der Waals surface area (Å²) < 4.78 is 4.63. The molecule has 1 aromatic rings. The van der Waals surface area contributed by atoms with E-state index in [1.807, 2.05) is 18.2 Å². The first-order valence-electron chi connectivity index (χ1n) is 5.72. The van der Waals surface area contributed by atoms with Crippen LogP contribution in [0.5, 0.6) is 0 Å². The van der Waals surface area contributed by atoms with Gasteiger partial charge in [-0.25, -0.2) is 4.79 Å². The fourth-order valence-corrected chi connectivity index (χ4v) is 1.35. The topological polar surface area (TPSA) is 38.3 Å². The molecule has 3 nitrogen and oxygen atoms in total. The number of carbonyl (C=O) groups is 1. The van der Waals surface area contributed by atoms with E-state index in [9.17, 15) is 4.79 Å². The van der Waals surface area contributed by atoms with E-state index in [1.165, 1.54) is 7.11 Å². The number of hydrogen-bond acceptors (Lipinski definition) is 3. The van der Waals surface area contributed by atoms with Gasteiger partial charge in [-0.2, -0.15) is 0 Å². The molecule has 0 radical (unpaired) electrons. The summed E-state index contributed by atoms with van der Waals surface area (Å²) in [6.07, 6.45) is 4.09. The van der Waals surface area contributed by atoms with Crippen molar-refractivity contribution >= 4 is 12.0 Å². The number of methoxy groups -OCH3 is 1. The number of rotatable bonds is 5. The molecule has 0 aliphatic rings. The molecule has 0 unspecified atom stereocenters. The van der Waals surface area contributed by atoms with Gasteiger partial charge < -0.3 is 10.1 Å². The lowest BCUT2D eigenvalue weighted by Gasteiger charge is -2.03. The van der Waals surface area contributed by atoms with E-state index in [-0.39, 0.29) is 5.97 Å². The Kier molecular flexibility index (Phi) is 5.43. The maximum Gasteiger partial charge on any atom is 0.337 e. The summed E-state index contributed by atoms with van der Waals surface area (Å²) in [6, 6.07) is 7.82. The predicted octanol–water partition coefficient (Wildman–Crippen LogP) is 2.48. The summed E-state index contributed by atoms with van der Waals surface area (Å²) in [5, 5.41) is 3.29. The quantitative estimate of drug-likeness (QED) is 0.794. The normalized spacial score (nSPS) is 11.1. The molecule has 3 heteroatoms. The Hall–Kier alpha value is -1.61. The van der Waals surface area contributed by atoms with Crippen molar-refractivity contribution in [2.24, 2.45) is 0 Å². The Labute approximate surface area is 102 Å². The molecule has 0 aliphatic carbocycles. The van der Waals surface area contributed by atoms with Gasteiger partial charge in [-0.15, -0.1) is 0 Å². The van der Waals surface area contributed by atoms with Crippen LogP contribution in [0.3, 0.4) is 0 Å². The summed E-state index contributed by atoms with van der Waals surface area (Å²) in [7, 11) is 1.38. The molecule has 0 bridgehead atoms. The average molecular weight is 233 g/mol. The fourth-order valence-electron chi connectivity index (χ4n) is 1.35. The molecule has 0 aromatic heterocycles. The van der Waals surface area contributed by atoms with Crippen molar-refractivity contribution < 1.29 is 9.53 Å². The van der Waals surface area contributed by atoms with Gasteiger partial charge in [-0.1, -0.05) is 38.1 Å². The van der Waals surface area contributed by atoms with Gasteiger partial charge in [-0.05, 0) is 17.7 Å². The minimum absolute atomic E-state index is 0.304. The lowest BCUT2D eigenvalue weighted by Crippen LogP contribution is -2.22. The lowest BCUT2D eigenvalue weighted by molar-refractivity contribution is 0.0601. The van der Waals surface area contributed by atoms with Crippen LogP contribution in [0.1, 0.15) is 29.8 Å². The van der Waals surface area contributed by atoms with Gasteiger partial charge in [0, 0.05) is 12.6 Å². The Morgan fingerprint density at radius 2 is 2.00 bits per heavy atom. The molecular formula is C14H19NO2. The van der Waals surface area contributed by atoms with Gasteiger partial charge in [0.05, 0.1) is 12.7 Å². The van der Waals surface area contributed by atoms with E-state index in [0.29, 0.717) is 11.6 Å². The van der Waals surface area contributed by atoms with Crippen LogP contribution >= 0.6 is 0 Å². The molecule has 1 rings (SSSR count). The van der Waals surface area contributed by atoms with E-state index in [4.69, 9.17) is 0 Å². The molecule has 0 amide bonds. The van der Waals surface area contributed by atoms with Crippen LogP contribution in [-0.2, 0) is 4.74 Å². The third-order valence-electron chi connectivity index (χ3n) is 2.29. The maximum absolute atomic E-state index is 11.2. The van der Waals surface area contributed by atoms with Crippen molar-refractivity contribution in [2.45, 2.75) is 19.9 Å². The second kappa shape index (κ2) is 6.86. The molecule has 1 aromatic carbocycles. The summed E-state index contributed by atoms with van der Waals surface area (Å²) >= 11 is 0. The van der Waals surface area contributed by atoms with E-state index in [1.54, 1.807) is 12.1 Å². The zero-order valence-corrected chi connectivity index (χ0v) is 10.6. The maximum atomic E-state index is 11.2. The molecule has 0 fully saturated rings. The molecule has 0 saturated heterocycles. The second-order valence-electron chi connectivity index (χ2n) is 4.08. The van der Waals surface area contributed by atoms with E-state index in [0.717, 1.165) is 12.1 Å². The number of benzene rings is 1. The molecule has 92 valence electrons. The summed E-state index contributed by atoms with van der Waals surface area (Å²) in [6.45, 7) is 5.06. The highest BCUT2D eigenvalue weighted by Crippen LogP contribution is 2.07. The van der Waals surface area contributed by atoms with Crippen LogP contribution in [-0.4, -0.2) is 25.7 Å². The number of esters is 1. The van der Waals surface area contributed by atoms with Gasteiger partial charge >= 0.3 is 5.97 Å². The van der Waals surface area contributed by atoms with Gasteiger partial charge in [0.1, 0.15) is 0 Å². The molecule has 0 atom stereocenters. The van der Waals surface area contributed by atoms with Crippen LogP contribution in [0, 0.1) is 0 Å². The van der Waals surface area contributed by atoms with Crippen molar-refractivity contribution in [1.29, 1.82) is 0 Å². The fraction of sp³-hybridized carbons (Fsp3) is 0.357. The Balaban J connectivity index is 2.53. The number of nitrogens with one attached hydrogen (secondary N) is 1.